The quantitative estimate of drug-likeness (QED) is 0.679. The molecule has 0 amide bonds. The van der Waals surface area contributed by atoms with Gasteiger partial charge in [-0.15, -0.1) is 0 Å². The first kappa shape index (κ1) is 16.5. The number of hydrogen-bond acceptors (Lipinski definition) is 5. The fourth-order valence-electron chi connectivity index (χ4n) is 2.43. The number of hydrogen-bond donors (Lipinski definition) is 0. The lowest BCUT2D eigenvalue weighted by molar-refractivity contribution is -0.143. The molecule has 128 valence electrons. The Labute approximate surface area is 138 Å². The van der Waals surface area contributed by atoms with Crippen molar-refractivity contribution >= 4 is 11.5 Å². The number of alkyl halides is 3. The number of esters is 1. The van der Waals surface area contributed by atoms with Gasteiger partial charge in [0.25, 0.3) is 0 Å². The van der Waals surface area contributed by atoms with Crippen molar-refractivity contribution in [2.45, 2.75) is 13.1 Å². The molecule has 0 N–H and O–H groups in total. The summed E-state index contributed by atoms with van der Waals surface area (Å²) in [5.41, 5.74) is -1.52. The van der Waals surface area contributed by atoms with Crippen LogP contribution in [0, 0.1) is 11.3 Å². The Bertz CT molecular complexity index is 997. The number of halogens is 3. The molecule has 3 aromatic heterocycles. The van der Waals surface area contributed by atoms with Crippen LogP contribution in [0.3, 0.4) is 0 Å². The third-order valence-corrected chi connectivity index (χ3v) is 3.41. The van der Waals surface area contributed by atoms with Gasteiger partial charge in [0, 0.05) is 0 Å². The number of nitrogens with zero attached hydrogens (tertiary/aromatic N) is 5. The van der Waals surface area contributed by atoms with Crippen LogP contribution in [-0.2, 0) is 10.9 Å². The molecule has 0 aromatic carbocycles. The highest BCUT2D eigenvalue weighted by atomic mass is 19.4. The number of rotatable bonds is 3. The molecule has 0 bridgehead atoms. The maximum Gasteiger partial charge on any atom is 0.434 e. The van der Waals surface area contributed by atoms with Gasteiger partial charge in [0.2, 0.25) is 0 Å². The molecule has 0 aliphatic rings. The summed E-state index contributed by atoms with van der Waals surface area (Å²) in [5, 5.41) is 16.7. The standard InChI is InChI=1S/C15H10F3N5O2/c1-2-25-14(24)10-8-21-23(13(10)15(16,17)18)11-4-3-9(7-19)22-12(11)5-6-20-22/h3-6,8H,2H2,1H3. The Morgan fingerprint density at radius 2 is 2.08 bits per heavy atom. The zero-order valence-electron chi connectivity index (χ0n) is 12.8. The third-order valence-electron chi connectivity index (χ3n) is 3.41. The first-order valence-corrected chi connectivity index (χ1v) is 7.08. The van der Waals surface area contributed by atoms with E-state index in [1.54, 1.807) is 0 Å². The van der Waals surface area contributed by atoms with Crippen LogP contribution in [0.25, 0.3) is 11.2 Å². The molecule has 0 spiro atoms. The predicted molar refractivity (Wildman–Crippen MR) is 78.0 cm³/mol. The molecule has 0 saturated carbocycles. The minimum absolute atomic E-state index is 0.0272. The van der Waals surface area contributed by atoms with Crippen LogP contribution >= 0.6 is 0 Å². The van der Waals surface area contributed by atoms with Crippen molar-refractivity contribution in [2.75, 3.05) is 6.61 Å². The van der Waals surface area contributed by atoms with Gasteiger partial charge in [0.1, 0.15) is 17.3 Å². The summed E-state index contributed by atoms with van der Waals surface area (Å²) in [7, 11) is 0. The molecule has 3 heterocycles. The van der Waals surface area contributed by atoms with Gasteiger partial charge < -0.3 is 4.74 Å². The van der Waals surface area contributed by atoms with Gasteiger partial charge >= 0.3 is 12.1 Å². The van der Waals surface area contributed by atoms with Gasteiger partial charge in [-0.05, 0) is 25.1 Å². The number of ether oxygens (including phenoxy) is 1. The molecule has 7 nitrogen and oxygen atoms in total. The van der Waals surface area contributed by atoms with Crippen LogP contribution in [0.1, 0.15) is 28.7 Å². The van der Waals surface area contributed by atoms with E-state index < -0.39 is 23.4 Å². The summed E-state index contributed by atoms with van der Waals surface area (Å²) in [6, 6.07) is 5.97. The molecule has 10 heteroatoms. The second-order valence-electron chi connectivity index (χ2n) is 4.88. The van der Waals surface area contributed by atoms with Crippen molar-refractivity contribution in [3.8, 4) is 11.8 Å². The van der Waals surface area contributed by atoms with Crippen LogP contribution in [0.2, 0.25) is 0 Å². The Morgan fingerprint density at radius 1 is 1.32 bits per heavy atom. The minimum Gasteiger partial charge on any atom is -0.462 e. The summed E-state index contributed by atoms with van der Waals surface area (Å²) in [6.45, 7) is 1.43. The number of carbonyl (C=O) groups excluding carboxylic acids is 1. The fourth-order valence-corrected chi connectivity index (χ4v) is 2.43. The van der Waals surface area contributed by atoms with Gasteiger partial charge in [0.15, 0.2) is 5.69 Å². The average Bonchev–Trinajstić information content (AvgIpc) is 3.20. The van der Waals surface area contributed by atoms with Crippen molar-refractivity contribution < 1.29 is 22.7 Å². The molecular weight excluding hydrogens is 339 g/mol. The zero-order chi connectivity index (χ0) is 18.2. The summed E-state index contributed by atoms with van der Waals surface area (Å²) < 4.78 is 47.1. The minimum atomic E-state index is -4.84. The van der Waals surface area contributed by atoms with Crippen molar-refractivity contribution in [1.29, 1.82) is 5.26 Å². The van der Waals surface area contributed by atoms with Gasteiger partial charge in [-0.25, -0.2) is 14.0 Å². The monoisotopic (exact) mass is 349 g/mol. The van der Waals surface area contributed by atoms with Crippen molar-refractivity contribution in [2.24, 2.45) is 0 Å². The van der Waals surface area contributed by atoms with E-state index in [9.17, 15) is 18.0 Å². The lowest BCUT2D eigenvalue weighted by atomic mass is 10.2. The molecule has 3 aromatic rings. The largest absolute Gasteiger partial charge is 0.462 e. The molecule has 0 aliphatic heterocycles. The number of pyridine rings is 1. The lowest BCUT2D eigenvalue weighted by Gasteiger charge is -2.13. The SMILES string of the molecule is CCOC(=O)c1cnn(-c2ccc(C#N)n3nccc23)c1C(F)(F)F. The van der Waals surface area contributed by atoms with E-state index in [0.717, 1.165) is 6.20 Å². The van der Waals surface area contributed by atoms with Crippen LogP contribution < -0.4 is 0 Å². The van der Waals surface area contributed by atoms with E-state index in [0.29, 0.717) is 4.68 Å². The number of nitriles is 1. The average molecular weight is 349 g/mol. The molecule has 25 heavy (non-hydrogen) atoms. The van der Waals surface area contributed by atoms with Crippen molar-refractivity contribution in [1.82, 2.24) is 19.4 Å². The maximum atomic E-state index is 13.6. The van der Waals surface area contributed by atoms with Crippen molar-refractivity contribution in [3.05, 3.63) is 47.5 Å². The highest BCUT2D eigenvalue weighted by molar-refractivity contribution is 5.91. The third kappa shape index (κ3) is 2.69. The van der Waals surface area contributed by atoms with Gasteiger partial charge in [0.05, 0.1) is 30.2 Å². The van der Waals surface area contributed by atoms with Gasteiger partial charge in [-0.2, -0.15) is 28.6 Å². The number of carbonyl (C=O) groups is 1. The maximum absolute atomic E-state index is 13.6. The van der Waals surface area contributed by atoms with Crippen molar-refractivity contribution in [3.63, 3.8) is 0 Å². The second kappa shape index (κ2) is 5.94. The molecule has 0 unspecified atom stereocenters. The Kier molecular flexibility index (Phi) is 3.92. The highest BCUT2D eigenvalue weighted by Gasteiger charge is 2.41. The first-order valence-electron chi connectivity index (χ1n) is 7.08. The summed E-state index contributed by atoms with van der Waals surface area (Å²) in [6.07, 6.45) is -2.68. The highest BCUT2D eigenvalue weighted by Crippen LogP contribution is 2.34. The van der Waals surface area contributed by atoms with E-state index in [2.05, 4.69) is 14.9 Å². The molecule has 0 saturated heterocycles. The first-order chi connectivity index (χ1) is 11.9. The Balaban J connectivity index is 2.28. The molecule has 0 atom stereocenters. The van der Waals surface area contributed by atoms with Crippen LogP contribution in [0.15, 0.2) is 30.6 Å². The van der Waals surface area contributed by atoms with E-state index >= 15 is 0 Å². The number of aromatic nitrogens is 4. The Hall–Kier alpha value is -3.35. The van der Waals surface area contributed by atoms with Gasteiger partial charge in [-0.3, -0.25) is 0 Å². The molecule has 0 fully saturated rings. The predicted octanol–water partition coefficient (Wildman–Crippen LogP) is 2.59. The summed E-state index contributed by atoms with van der Waals surface area (Å²) in [5.74, 6) is -1.11. The lowest BCUT2D eigenvalue weighted by Crippen LogP contribution is -2.19. The fraction of sp³-hybridized carbons (Fsp3) is 0.200. The Morgan fingerprint density at radius 3 is 2.72 bits per heavy atom. The molecular formula is C15H10F3N5O2. The van der Waals surface area contributed by atoms with E-state index in [1.165, 1.54) is 35.8 Å². The van der Waals surface area contributed by atoms with E-state index in [-0.39, 0.29) is 23.5 Å². The smallest absolute Gasteiger partial charge is 0.434 e. The summed E-state index contributed by atoms with van der Waals surface area (Å²) in [4.78, 5) is 11.8. The summed E-state index contributed by atoms with van der Waals surface area (Å²) >= 11 is 0. The zero-order valence-corrected chi connectivity index (χ0v) is 12.8. The molecule has 0 aliphatic carbocycles. The topological polar surface area (TPSA) is 85.2 Å². The number of fused-ring (bicyclic) bond motifs is 1. The van der Waals surface area contributed by atoms with E-state index in [4.69, 9.17) is 5.26 Å². The van der Waals surface area contributed by atoms with Crippen LogP contribution in [0.4, 0.5) is 13.2 Å². The van der Waals surface area contributed by atoms with Crippen LogP contribution in [0.5, 0.6) is 0 Å². The molecule has 0 radical (unpaired) electrons. The van der Waals surface area contributed by atoms with E-state index in [1.807, 2.05) is 6.07 Å². The normalized spacial score (nSPS) is 11.5. The second-order valence-corrected chi connectivity index (χ2v) is 4.88. The van der Waals surface area contributed by atoms with Crippen LogP contribution in [-0.4, -0.2) is 32.0 Å². The van der Waals surface area contributed by atoms with Gasteiger partial charge in [-0.1, -0.05) is 0 Å². The molecule has 3 rings (SSSR count).